The van der Waals surface area contributed by atoms with Crippen molar-refractivity contribution >= 4 is 11.8 Å². The van der Waals surface area contributed by atoms with Gasteiger partial charge in [0.1, 0.15) is 0 Å². The summed E-state index contributed by atoms with van der Waals surface area (Å²) in [7, 11) is 2.00. The van der Waals surface area contributed by atoms with E-state index in [1.165, 1.54) is 37.7 Å². The lowest BCUT2D eigenvalue weighted by Crippen LogP contribution is -2.26. The van der Waals surface area contributed by atoms with Gasteiger partial charge in [0.2, 0.25) is 5.95 Å². The molecular weight excluding hydrogens is 288 g/mol. The highest BCUT2D eigenvalue weighted by molar-refractivity contribution is 5.39. The third kappa shape index (κ3) is 4.61. The van der Waals surface area contributed by atoms with Crippen LogP contribution in [0.25, 0.3) is 0 Å². The Balaban J connectivity index is 1.57. The number of hydrogen-bond donors (Lipinski definition) is 1. The summed E-state index contributed by atoms with van der Waals surface area (Å²) in [6, 6.07) is 4.59. The van der Waals surface area contributed by atoms with Crippen molar-refractivity contribution in [2.45, 2.75) is 44.6 Å². The number of anilines is 2. The highest BCUT2D eigenvalue weighted by Gasteiger charge is 2.14. The van der Waals surface area contributed by atoms with Gasteiger partial charge in [-0.05, 0) is 37.0 Å². The van der Waals surface area contributed by atoms with E-state index in [4.69, 9.17) is 0 Å². The minimum Gasteiger partial charge on any atom is -0.366 e. The minimum atomic E-state index is 0.524. The molecule has 1 N–H and O–H groups in total. The lowest BCUT2D eigenvalue weighted by atomic mass is 9.96. The summed E-state index contributed by atoms with van der Waals surface area (Å²) in [5.74, 6) is 1.50. The maximum Gasteiger partial charge on any atom is 0.247 e. The molecule has 0 aromatic carbocycles. The van der Waals surface area contributed by atoms with Gasteiger partial charge in [-0.15, -0.1) is 5.10 Å². The van der Waals surface area contributed by atoms with Crippen molar-refractivity contribution in [1.82, 2.24) is 20.2 Å². The summed E-state index contributed by atoms with van der Waals surface area (Å²) in [5, 5.41) is 11.8. The van der Waals surface area contributed by atoms with Crippen molar-refractivity contribution in [2.24, 2.45) is 0 Å². The van der Waals surface area contributed by atoms with E-state index in [2.05, 4.69) is 25.5 Å². The molecule has 6 nitrogen and oxygen atoms in total. The predicted molar refractivity (Wildman–Crippen MR) is 91.5 cm³/mol. The molecule has 1 saturated carbocycles. The third-order valence-electron chi connectivity index (χ3n) is 4.33. The molecular formula is C17H24N6. The summed E-state index contributed by atoms with van der Waals surface area (Å²) < 4.78 is 0. The van der Waals surface area contributed by atoms with E-state index in [9.17, 15) is 0 Å². The largest absolute Gasteiger partial charge is 0.366 e. The Hall–Kier alpha value is -2.24. The fourth-order valence-corrected chi connectivity index (χ4v) is 2.93. The van der Waals surface area contributed by atoms with Crippen LogP contribution in [0, 0.1) is 0 Å². The van der Waals surface area contributed by atoms with E-state index in [0.717, 1.165) is 18.8 Å². The van der Waals surface area contributed by atoms with Crippen molar-refractivity contribution in [3.05, 3.63) is 36.3 Å². The normalized spacial score (nSPS) is 15.3. The monoisotopic (exact) mass is 312 g/mol. The molecule has 0 saturated heterocycles. The lowest BCUT2D eigenvalue weighted by molar-refractivity contribution is 0.461. The first-order valence-corrected chi connectivity index (χ1v) is 8.37. The summed E-state index contributed by atoms with van der Waals surface area (Å²) in [4.78, 5) is 10.7. The molecule has 0 amide bonds. The van der Waals surface area contributed by atoms with Crippen LogP contribution in [0.2, 0.25) is 0 Å². The van der Waals surface area contributed by atoms with Crippen LogP contribution >= 0.6 is 0 Å². The van der Waals surface area contributed by atoms with Gasteiger partial charge >= 0.3 is 0 Å². The lowest BCUT2D eigenvalue weighted by Gasteiger charge is -2.23. The van der Waals surface area contributed by atoms with Gasteiger partial charge in [-0.25, -0.2) is 0 Å². The first-order valence-electron chi connectivity index (χ1n) is 8.37. The van der Waals surface area contributed by atoms with Crippen LogP contribution in [0.15, 0.2) is 30.7 Å². The number of hydrogen-bond acceptors (Lipinski definition) is 6. The van der Waals surface area contributed by atoms with Gasteiger partial charge < -0.3 is 10.2 Å². The molecule has 0 unspecified atom stereocenters. The molecule has 3 rings (SSSR count). The minimum absolute atomic E-state index is 0.524. The second-order valence-corrected chi connectivity index (χ2v) is 6.15. The van der Waals surface area contributed by atoms with Crippen molar-refractivity contribution in [1.29, 1.82) is 0 Å². The van der Waals surface area contributed by atoms with Gasteiger partial charge in [0.15, 0.2) is 5.82 Å². The number of pyridine rings is 1. The zero-order valence-corrected chi connectivity index (χ0v) is 13.6. The van der Waals surface area contributed by atoms with Gasteiger partial charge in [-0.2, -0.15) is 10.1 Å². The van der Waals surface area contributed by atoms with Crippen molar-refractivity contribution < 1.29 is 0 Å². The second-order valence-electron chi connectivity index (χ2n) is 6.15. The number of rotatable bonds is 6. The Labute approximate surface area is 137 Å². The molecule has 1 aliphatic carbocycles. The topological polar surface area (TPSA) is 66.8 Å². The summed E-state index contributed by atoms with van der Waals surface area (Å²) >= 11 is 0. The fraction of sp³-hybridized carbons (Fsp3) is 0.529. The van der Waals surface area contributed by atoms with Gasteiger partial charge in [0.25, 0.3) is 0 Å². The zero-order valence-electron chi connectivity index (χ0n) is 13.6. The van der Waals surface area contributed by atoms with Gasteiger partial charge in [0.05, 0.1) is 6.20 Å². The van der Waals surface area contributed by atoms with Crippen LogP contribution in [0.3, 0.4) is 0 Å². The van der Waals surface area contributed by atoms with Crippen LogP contribution < -0.4 is 10.2 Å². The molecule has 0 aliphatic heterocycles. The van der Waals surface area contributed by atoms with Crippen LogP contribution in [0.5, 0.6) is 0 Å². The molecule has 1 aliphatic rings. The van der Waals surface area contributed by atoms with E-state index in [-0.39, 0.29) is 0 Å². The molecule has 2 heterocycles. The predicted octanol–water partition coefficient (Wildman–Crippen LogP) is 2.69. The Morgan fingerprint density at radius 3 is 2.74 bits per heavy atom. The molecule has 0 radical (unpaired) electrons. The molecule has 1 fully saturated rings. The molecule has 0 atom stereocenters. The molecule has 6 heteroatoms. The maximum atomic E-state index is 4.61. The van der Waals surface area contributed by atoms with Crippen molar-refractivity contribution in [2.75, 3.05) is 23.8 Å². The van der Waals surface area contributed by atoms with Crippen LogP contribution in [-0.2, 0) is 6.42 Å². The van der Waals surface area contributed by atoms with E-state index in [1.54, 1.807) is 6.20 Å². The van der Waals surface area contributed by atoms with Crippen LogP contribution in [0.1, 0.15) is 37.7 Å². The SMILES string of the molecule is CN(CCc1ccncc1)c1nncc(NC2CCCCC2)n1. The average Bonchev–Trinajstić information content (AvgIpc) is 2.62. The molecule has 2 aromatic rings. The summed E-state index contributed by atoms with van der Waals surface area (Å²) in [5.41, 5.74) is 1.26. The van der Waals surface area contributed by atoms with Crippen LogP contribution in [0.4, 0.5) is 11.8 Å². The van der Waals surface area contributed by atoms with Gasteiger partial charge in [-0.1, -0.05) is 19.3 Å². The van der Waals surface area contributed by atoms with Crippen molar-refractivity contribution in [3.63, 3.8) is 0 Å². The number of likely N-dealkylation sites (N-methyl/N-ethyl adjacent to an activating group) is 1. The molecule has 0 bridgehead atoms. The Morgan fingerprint density at radius 1 is 1.17 bits per heavy atom. The maximum absolute atomic E-state index is 4.61. The molecule has 2 aromatic heterocycles. The molecule has 23 heavy (non-hydrogen) atoms. The number of nitrogens with one attached hydrogen (secondary N) is 1. The zero-order chi connectivity index (χ0) is 15.9. The van der Waals surface area contributed by atoms with Gasteiger partial charge in [0, 0.05) is 32.0 Å². The van der Waals surface area contributed by atoms with Crippen molar-refractivity contribution in [3.8, 4) is 0 Å². The second kappa shape index (κ2) is 7.85. The van der Waals surface area contributed by atoms with E-state index in [0.29, 0.717) is 12.0 Å². The Morgan fingerprint density at radius 2 is 1.96 bits per heavy atom. The third-order valence-corrected chi connectivity index (χ3v) is 4.33. The number of nitrogens with zero attached hydrogens (tertiary/aromatic N) is 5. The summed E-state index contributed by atoms with van der Waals surface area (Å²) in [6.07, 6.45) is 12.7. The number of aromatic nitrogens is 4. The molecule has 0 spiro atoms. The highest BCUT2D eigenvalue weighted by Crippen LogP contribution is 2.21. The fourth-order valence-electron chi connectivity index (χ4n) is 2.93. The Bertz CT molecular complexity index is 597. The van der Waals surface area contributed by atoms with E-state index < -0.39 is 0 Å². The first kappa shape index (κ1) is 15.6. The van der Waals surface area contributed by atoms with Crippen LogP contribution in [-0.4, -0.2) is 39.8 Å². The summed E-state index contributed by atoms with van der Waals surface area (Å²) in [6.45, 7) is 0.846. The highest BCUT2D eigenvalue weighted by atomic mass is 15.3. The van der Waals surface area contributed by atoms with E-state index >= 15 is 0 Å². The molecule has 122 valence electrons. The van der Waals surface area contributed by atoms with E-state index in [1.807, 2.05) is 36.5 Å². The first-order chi connectivity index (χ1) is 11.3. The van der Waals surface area contributed by atoms with Gasteiger partial charge in [-0.3, -0.25) is 4.98 Å². The standard InChI is InChI=1S/C17H24N6/c1-23(12-9-14-7-10-18-11-8-14)17-21-16(13-19-22-17)20-15-5-3-2-4-6-15/h7-8,10-11,13,15H,2-6,9,12H2,1H3,(H,20,21,22). The quantitative estimate of drug-likeness (QED) is 0.884. The smallest absolute Gasteiger partial charge is 0.247 e. The average molecular weight is 312 g/mol. The Kier molecular flexibility index (Phi) is 5.34.